The number of amides is 2. The third kappa shape index (κ3) is 3.72. The molecule has 3 aromatic carbocycles. The van der Waals surface area contributed by atoms with Crippen LogP contribution in [0, 0.1) is 13.8 Å². The van der Waals surface area contributed by atoms with Crippen molar-refractivity contribution >= 4 is 52.0 Å². The van der Waals surface area contributed by atoms with Crippen LogP contribution in [0.5, 0.6) is 0 Å². The van der Waals surface area contributed by atoms with Crippen molar-refractivity contribution in [2.45, 2.75) is 13.8 Å². The Bertz CT molecular complexity index is 1200. The number of benzene rings is 3. The van der Waals surface area contributed by atoms with Crippen molar-refractivity contribution in [1.29, 1.82) is 0 Å². The summed E-state index contributed by atoms with van der Waals surface area (Å²) in [6, 6.07) is 19.5. The maximum Gasteiger partial charge on any atom is 0.282 e. The number of imide groups is 1. The lowest BCUT2D eigenvalue weighted by Crippen LogP contribution is -2.32. The minimum atomic E-state index is -0.447. The summed E-state index contributed by atoms with van der Waals surface area (Å²) in [5.41, 5.74) is 4.21. The van der Waals surface area contributed by atoms with Gasteiger partial charge in [0.1, 0.15) is 5.70 Å². The molecule has 0 spiro atoms. The van der Waals surface area contributed by atoms with Crippen molar-refractivity contribution in [3.05, 3.63) is 99.2 Å². The Hall–Kier alpha value is -3.08. The smallest absolute Gasteiger partial charge is 0.282 e. The van der Waals surface area contributed by atoms with Gasteiger partial charge in [-0.25, -0.2) is 4.90 Å². The van der Waals surface area contributed by atoms with E-state index in [1.54, 1.807) is 36.4 Å². The van der Waals surface area contributed by atoms with E-state index in [-0.39, 0.29) is 5.70 Å². The molecule has 6 heteroatoms. The fraction of sp³-hybridized carbons (Fsp3) is 0.0833. The maximum atomic E-state index is 13.4. The summed E-state index contributed by atoms with van der Waals surface area (Å²) >= 11 is 12.2. The van der Waals surface area contributed by atoms with Crippen molar-refractivity contribution in [2.24, 2.45) is 0 Å². The topological polar surface area (TPSA) is 49.4 Å². The standard InChI is InChI=1S/C24H18Cl2N2O2/c1-14-6-9-16(10-7-14)21-22(27-20-13-18(26)11-8-15(20)2)24(30)28(23(21)29)19-5-3-4-17(25)12-19/h3-13,27H,1-2H3. The molecule has 3 aromatic rings. The molecule has 4 rings (SSSR count). The van der Waals surface area contributed by atoms with Crippen molar-refractivity contribution in [2.75, 3.05) is 10.2 Å². The maximum absolute atomic E-state index is 13.4. The highest BCUT2D eigenvalue weighted by Gasteiger charge is 2.40. The molecule has 30 heavy (non-hydrogen) atoms. The van der Waals surface area contributed by atoms with Gasteiger partial charge in [0.15, 0.2) is 0 Å². The Morgan fingerprint density at radius 1 is 0.800 bits per heavy atom. The third-order valence-corrected chi connectivity index (χ3v) is 5.42. The predicted octanol–water partition coefficient (Wildman–Crippen LogP) is 6.01. The molecular formula is C24H18Cl2N2O2. The van der Waals surface area contributed by atoms with Crippen molar-refractivity contribution in [3.8, 4) is 0 Å². The van der Waals surface area contributed by atoms with E-state index in [9.17, 15) is 9.59 Å². The Morgan fingerprint density at radius 2 is 1.50 bits per heavy atom. The fourth-order valence-corrected chi connectivity index (χ4v) is 3.70. The van der Waals surface area contributed by atoms with Gasteiger partial charge in [0.05, 0.1) is 11.3 Å². The second-order valence-corrected chi connectivity index (χ2v) is 8.00. The summed E-state index contributed by atoms with van der Waals surface area (Å²) in [5, 5.41) is 4.13. The molecule has 1 aliphatic rings. The minimum Gasteiger partial charge on any atom is -0.350 e. The van der Waals surface area contributed by atoms with Crippen LogP contribution >= 0.6 is 23.2 Å². The normalized spacial score (nSPS) is 13.9. The molecule has 1 aliphatic heterocycles. The van der Waals surface area contributed by atoms with Crippen LogP contribution in [0.3, 0.4) is 0 Å². The highest BCUT2D eigenvalue weighted by molar-refractivity contribution is 6.46. The molecule has 0 bridgehead atoms. The van der Waals surface area contributed by atoms with Gasteiger partial charge in [-0.3, -0.25) is 9.59 Å². The highest BCUT2D eigenvalue weighted by Crippen LogP contribution is 2.35. The summed E-state index contributed by atoms with van der Waals surface area (Å²) in [7, 11) is 0. The van der Waals surface area contributed by atoms with Gasteiger partial charge < -0.3 is 5.32 Å². The first-order chi connectivity index (χ1) is 14.3. The molecule has 1 N–H and O–H groups in total. The minimum absolute atomic E-state index is 0.203. The molecule has 0 saturated heterocycles. The van der Waals surface area contributed by atoms with Crippen molar-refractivity contribution < 1.29 is 9.59 Å². The van der Waals surface area contributed by atoms with Gasteiger partial charge in [0.25, 0.3) is 11.8 Å². The van der Waals surface area contributed by atoms with E-state index in [1.807, 2.05) is 44.2 Å². The van der Waals surface area contributed by atoms with Gasteiger partial charge in [-0.2, -0.15) is 0 Å². The second kappa shape index (κ2) is 7.98. The van der Waals surface area contributed by atoms with Gasteiger partial charge >= 0.3 is 0 Å². The Balaban J connectivity index is 1.85. The molecule has 0 unspecified atom stereocenters. The number of hydrogen-bond acceptors (Lipinski definition) is 3. The van der Waals surface area contributed by atoms with E-state index in [0.29, 0.717) is 32.6 Å². The second-order valence-electron chi connectivity index (χ2n) is 7.13. The Labute approximate surface area is 184 Å². The summed E-state index contributed by atoms with van der Waals surface area (Å²) < 4.78 is 0. The molecule has 150 valence electrons. The molecular weight excluding hydrogens is 419 g/mol. The van der Waals surface area contributed by atoms with Crippen LogP contribution in [0.1, 0.15) is 16.7 Å². The number of nitrogens with one attached hydrogen (secondary N) is 1. The predicted molar refractivity (Wildman–Crippen MR) is 122 cm³/mol. The monoisotopic (exact) mass is 436 g/mol. The van der Waals surface area contributed by atoms with Crippen LogP contribution in [0.4, 0.5) is 11.4 Å². The summed E-state index contributed by atoms with van der Waals surface area (Å²) in [4.78, 5) is 27.9. The first kappa shape index (κ1) is 20.2. The number of aryl methyl sites for hydroxylation is 2. The first-order valence-electron chi connectivity index (χ1n) is 9.34. The molecule has 0 atom stereocenters. The van der Waals surface area contributed by atoms with Crippen LogP contribution < -0.4 is 10.2 Å². The van der Waals surface area contributed by atoms with Crippen molar-refractivity contribution in [1.82, 2.24) is 0 Å². The molecule has 1 heterocycles. The average Bonchev–Trinajstić information content (AvgIpc) is 2.95. The lowest BCUT2D eigenvalue weighted by atomic mass is 10.0. The van der Waals surface area contributed by atoms with Gasteiger partial charge in [-0.05, 0) is 55.3 Å². The van der Waals surface area contributed by atoms with Gasteiger partial charge in [-0.1, -0.05) is 65.2 Å². The number of halogens is 2. The lowest BCUT2D eigenvalue weighted by Gasteiger charge is -2.16. The van der Waals surface area contributed by atoms with E-state index < -0.39 is 11.8 Å². The highest BCUT2D eigenvalue weighted by atomic mass is 35.5. The molecule has 4 nitrogen and oxygen atoms in total. The van der Waals surface area contributed by atoms with Crippen LogP contribution in [0.15, 0.2) is 72.4 Å². The van der Waals surface area contributed by atoms with E-state index in [4.69, 9.17) is 23.2 Å². The van der Waals surface area contributed by atoms with Gasteiger partial charge in [0.2, 0.25) is 0 Å². The largest absolute Gasteiger partial charge is 0.350 e. The zero-order valence-corrected chi connectivity index (χ0v) is 17.9. The Morgan fingerprint density at radius 3 is 2.20 bits per heavy atom. The zero-order chi connectivity index (χ0) is 21.4. The molecule has 0 saturated carbocycles. The van der Waals surface area contributed by atoms with Gasteiger partial charge in [-0.15, -0.1) is 0 Å². The summed E-state index contributed by atoms with van der Waals surface area (Å²) in [6.07, 6.45) is 0. The van der Waals surface area contributed by atoms with Crippen LogP contribution in [0.2, 0.25) is 10.0 Å². The molecule has 0 radical (unpaired) electrons. The molecule has 2 amide bonds. The zero-order valence-electron chi connectivity index (χ0n) is 16.4. The van der Waals surface area contributed by atoms with Crippen LogP contribution in [-0.2, 0) is 9.59 Å². The first-order valence-corrected chi connectivity index (χ1v) is 10.1. The average molecular weight is 437 g/mol. The molecule has 0 fully saturated rings. The fourth-order valence-electron chi connectivity index (χ4n) is 3.35. The SMILES string of the molecule is Cc1ccc(C2=C(Nc3cc(Cl)ccc3C)C(=O)N(c3cccc(Cl)c3)C2=O)cc1. The Kier molecular flexibility index (Phi) is 5.37. The molecule has 0 aliphatic carbocycles. The lowest BCUT2D eigenvalue weighted by molar-refractivity contribution is -0.120. The van der Waals surface area contributed by atoms with Crippen LogP contribution in [0.25, 0.3) is 5.57 Å². The number of carbonyl (C=O) groups excluding carboxylic acids is 2. The van der Waals surface area contributed by atoms with Crippen molar-refractivity contribution in [3.63, 3.8) is 0 Å². The van der Waals surface area contributed by atoms with E-state index in [2.05, 4.69) is 5.32 Å². The van der Waals surface area contributed by atoms with E-state index >= 15 is 0 Å². The van der Waals surface area contributed by atoms with E-state index in [0.717, 1.165) is 16.0 Å². The number of carbonyl (C=O) groups is 2. The number of hydrogen-bond donors (Lipinski definition) is 1. The third-order valence-electron chi connectivity index (χ3n) is 4.95. The summed E-state index contributed by atoms with van der Waals surface area (Å²) in [6.45, 7) is 3.87. The quantitative estimate of drug-likeness (QED) is 0.509. The van der Waals surface area contributed by atoms with Crippen LogP contribution in [-0.4, -0.2) is 11.8 Å². The number of nitrogens with zero attached hydrogens (tertiary/aromatic N) is 1. The summed E-state index contributed by atoms with van der Waals surface area (Å²) in [5.74, 6) is -0.856. The number of rotatable bonds is 4. The van der Waals surface area contributed by atoms with E-state index in [1.165, 1.54) is 0 Å². The molecule has 0 aromatic heterocycles. The number of anilines is 2. The van der Waals surface area contributed by atoms with Gasteiger partial charge in [0, 0.05) is 15.7 Å².